The average Bonchev–Trinajstić information content (AvgIpc) is 2.91. The first-order valence-electron chi connectivity index (χ1n) is 7.63. The molecule has 3 fully saturated rings. The Morgan fingerprint density at radius 1 is 1.18 bits per heavy atom. The highest BCUT2D eigenvalue weighted by Crippen LogP contribution is 2.51. The van der Waals surface area contributed by atoms with Gasteiger partial charge in [-0.05, 0) is 62.8 Å². The van der Waals surface area contributed by atoms with Crippen molar-refractivity contribution in [2.24, 2.45) is 17.8 Å². The van der Waals surface area contributed by atoms with Crippen molar-refractivity contribution in [2.45, 2.75) is 57.5 Å². The topological polar surface area (TPSA) is 23.5 Å². The summed E-state index contributed by atoms with van der Waals surface area (Å²) in [7, 11) is 0. The molecule has 2 nitrogen and oxygen atoms in total. The summed E-state index contributed by atoms with van der Waals surface area (Å²) in [5, 5.41) is 10.7. The molecule has 2 aliphatic carbocycles. The Hall–Kier alpha value is -0.0800. The van der Waals surface area contributed by atoms with Gasteiger partial charge < -0.3 is 10.0 Å². The number of aliphatic hydroxyl groups is 1. The van der Waals surface area contributed by atoms with Gasteiger partial charge in [0.15, 0.2) is 0 Å². The first-order valence-corrected chi connectivity index (χ1v) is 7.63. The molecular formula is C15H27NO. The molecule has 1 N–H and O–H groups in total. The zero-order valence-electron chi connectivity index (χ0n) is 11.2. The zero-order valence-corrected chi connectivity index (χ0v) is 11.2. The molecule has 1 aliphatic heterocycles. The molecule has 0 aromatic carbocycles. The van der Waals surface area contributed by atoms with E-state index in [0.717, 1.165) is 56.7 Å². The second-order valence-electron chi connectivity index (χ2n) is 6.80. The average molecular weight is 237 g/mol. The fourth-order valence-electron chi connectivity index (χ4n) is 4.60. The molecule has 0 radical (unpaired) electrons. The normalized spacial score (nSPS) is 40.9. The van der Waals surface area contributed by atoms with Crippen molar-refractivity contribution in [3.05, 3.63) is 0 Å². The second kappa shape index (κ2) is 4.55. The minimum atomic E-state index is -0.319. The second-order valence-corrected chi connectivity index (χ2v) is 6.80. The highest BCUT2D eigenvalue weighted by molar-refractivity contribution is 4.95. The molecule has 0 amide bonds. The Morgan fingerprint density at radius 3 is 2.47 bits per heavy atom. The monoisotopic (exact) mass is 237 g/mol. The summed E-state index contributed by atoms with van der Waals surface area (Å²) in [5.41, 5.74) is -0.319. The molecule has 0 spiro atoms. The van der Waals surface area contributed by atoms with E-state index in [4.69, 9.17) is 0 Å². The highest BCUT2D eigenvalue weighted by atomic mass is 16.3. The van der Waals surface area contributed by atoms with Crippen LogP contribution in [0.5, 0.6) is 0 Å². The number of likely N-dealkylation sites (tertiary alicyclic amines) is 1. The molecular weight excluding hydrogens is 210 g/mol. The summed E-state index contributed by atoms with van der Waals surface area (Å²) in [5.74, 6) is 2.84. The maximum Gasteiger partial charge on any atom is 0.0674 e. The van der Waals surface area contributed by atoms with Crippen LogP contribution >= 0.6 is 0 Å². The lowest BCUT2D eigenvalue weighted by atomic mass is 9.76. The van der Waals surface area contributed by atoms with Crippen molar-refractivity contribution < 1.29 is 5.11 Å². The maximum absolute atomic E-state index is 10.7. The SMILES string of the molecule is CCN1CCC(O)(CC2CC3CCC2C3)CC1. The fraction of sp³-hybridized carbons (Fsp3) is 1.00. The Bertz CT molecular complexity index is 270. The van der Waals surface area contributed by atoms with Gasteiger partial charge in [0.05, 0.1) is 5.60 Å². The molecule has 98 valence electrons. The summed E-state index contributed by atoms with van der Waals surface area (Å²) < 4.78 is 0. The predicted molar refractivity (Wildman–Crippen MR) is 69.9 cm³/mol. The minimum Gasteiger partial charge on any atom is -0.390 e. The van der Waals surface area contributed by atoms with Gasteiger partial charge >= 0.3 is 0 Å². The zero-order chi connectivity index (χ0) is 11.9. The van der Waals surface area contributed by atoms with Crippen LogP contribution in [0.3, 0.4) is 0 Å². The van der Waals surface area contributed by atoms with E-state index in [1.165, 1.54) is 25.7 Å². The summed E-state index contributed by atoms with van der Waals surface area (Å²) in [6.07, 6.45) is 8.94. The molecule has 3 rings (SSSR count). The lowest BCUT2D eigenvalue weighted by Crippen LogP contribution is -2.45. The lowest BCUT2D eigenvalue weighted by Gasteiger charge is -2.40. The van der Waals surface area contributed by atoms with E-state index < -0.39 is 0 Å². The van der Waals surface area contributed by atoms with Gasteiger partial charge in [-0.25, -0.2) is 0 Å². The van der Waals surface area contributed by atoms with Crippen LogP contribution in [-0.2, 0) is 0 Å². The highest BCUT2D eigenvalue weighted by Gasteiger charge is 2.43. The van der Waals surface area contributed by atoms with Gasteiger partial charge in [0.2, 0.25) is 0 Å². The molecule has 2 heteroatoms. The quantitative estimate of drug-likeness (QED) is 0.815. The van der Waals surface area contributed by atoms with E-state index >= 15 is 0 Å². The van der Waals surface area contributed by atoms with E-state index in [9.17, 15) is 5.11 Å². The molecule has 2 bridgehead atoms. The summed E-state index contributed by atoms with van der Waals surface area (Å²) in [4.78, 5) is 2.47. The van der Waals surface area contributed by atoms with Crippen LogP contribution in [0.4, 0.5) is 0 Å². The van der Waals surface area contributed by atoms with Crippen molar-refractivity contribution >= 4 is 0 Å². The third-order valence-corrected chi connectivity index (χ3v) is 5.76. The molecule has 0 aromatic rings. The van der Waals surface area contributed by atoms with Gasteiger partial charge in [-0.3, -0.25) is 0 Å². The van der Waals surface area contributed by atoms with Crippen LogP contribution in [0.25, 0.3) is 0 Å². The summed E-state index contributed by atoms with van der Waals surface area (Å²) in [6, 6.07) is 0. The Morgan fingerprint density at radius 2 is 1.94 bits per heavy atom. The van der Waals surface area contributed by atoms with Crippen LogP contribution < -0.4 is 0 Å². The third kappa shape index (κ3) is 2.39. The number of rotatable bonds is 3. The van der Waals surface area contributed by atoms with Crippen molar-refractivity contribution in [1.82, 2.24) is 4.90 Å². The van der Waals surface area contributed by atoms with Crippen LogP contribution in [0.1, 0.15) is 51.9 Å². The summed E-state index contributed by atoms with van der Waals surface area (Å²) >= 11 is 0. The van der Waals surface area contributed by atoms with E-state index in [-0.39, 0.29) is 5.60 Å². The molecule has 2 saturated carbocycles. The number of nitrogens with zero attached hydrogens (tertiary/aromatic N) is 1. The third-order valence-electron chi connectivity index (χ3n) is 5.76. The number of fused-ring (bicyclic) bond motifs is 2. The van der Waals surface area contributed by atoms with E-state index in [1.54, 1.807) is 0 Å². The number of hydrogen-bond donors (Lipinski definition) is 1. The van der Waals surface area contributed by atoms with Crippen molar-refractivity contribution in [3.63, 3.8) is 0 Å². The molecule has 17 heavy (non-hydrogen) atoms. The van der Waals surface area contributed by atoms with Gasteiger partial charge in [-0.2, -0.15) is 0 Å². The van der Waals surface area contributed by atoms with E-state index in [1.807, 2.05) is 0 Å². The molecule has 0 aromatic heterocycles. The smallest absolute Gasteiger partial charge is 0.0674 e. The van der Waals surface area contributed by atoms with Crippen molar-refractivity contribution in [1.29, 1.82) is 0 Å². The first-order chi connectivity index (χ1) is 8.18. The molecule has 3 atom stereocenters. The van der Waals surface area contributed by atoms with Crippen molar-refractivity contribution in [3.8, 4) is 0 Å². The minimum absolute atomic E-state index is 0.319. The Balaban J connectivity index is 1.54. The van der Waals surface area contributed by atoms with Gasteiger partial charge in [-0.15, -0.1) is 0 Å². The molecule has 3 aliphatic rings. The standard InChI is InChI=1S/C15H27NO/c1-2-16-7-5-15(17,6-8-16)11-14-10-12-3-4-13(14)9-12/h12-14,17H,2-11H2,1H3. The first kappa shape index (κ1) is 12.0. The lowest BCUT2D eigenvalue weighted by molar-refractivity contribution is -0.0433. The van der Waals surface area contributed by atoms with Crippen LogP contribution in [0.15, 0.2) is 0 Å². The summed E-state index contributed by atoms with van der Waals surface area (Å²) in [6.45, 7) is 5.58. The van der Waals surface area contributed by atoms with Crippen LogP contribution in [-0.4, -0.2) is 35.2 Å². The molecule has 1 heterocycles. The van der Waals surface area contributed by atoms with Gasteiger partial charge in [0.25, 0.3) is 0 Å². The van der Waals surface area contributed by atoms with E-state index in [2.05, 4.69) is 11.8 Å². The largest absolute Gasteiger partial charge is 0.390 e. The predicted octanol–water partition coefficient (Wildman–Crippen LogP) is 2.66. The van der Waals surface area contributed by atoms with Crippen LogP contribution in [0, 0.1) is 17.8 Å². The van der Waals surface area contributed by atoms with E-state index in [0.29, 0.717) is 0 Å². The van der Waals surface area contributed by atoms with Crippen molar-refractivity contribution in [2.75, 3.05) is 19.6 Å². The Kier molecular flexibility index (Phi) is 3.20. The van der Waals surface area contributed by atoms with Gasteiger partial charge in [0, 0.05) is 13.1 Å². The number of hydrogen-bond acceptors (Lipinski definition) is 2. The number of piperidine rings is 1. The van der Waals surface area contributed by atoms with Crippen LogP contribution in [0.2, 0.25) is 0 Å². The molecule has 1 saturated heterocycles. The van der Waals surface area contributed by atoms with Gasteiger partial charge in [0.1, 0.15) is 0 Å². The molecule has 3 unspecified atom stereocenters. The van der Waals surface area contributed by atoms with Gasteiger partial charge in [-0.1, -0.05) is 13.3 Å². The maximum atomic E-state index is 10.7. The Labute approximate surface area is 105 Å². The fourth-order valence-corrected chi connectivity index (χ4v) is 4.60.